The minimum Gasteiger partial charge on any atom is -0.481 e. The van der Waals surface area contributed by atoms with Crippen LogP contribution in [-0.2, 0) is 9.53 Å². The summed E-state index contributed by atoms with van der Waals surface area (Å²) in [5, 5.41) is 8.44. The SMILES string of the molecule is O=C(O)[C@@H]1C[C@H]1[C@H]1CO1. The summed E-state index contributed by atoms with van der Waals surface area (Å²) in [6.45, 7) is 0.786. The molecular weight excluding hydrogens is 120 g/mol. The molecule has 0 unspecified atom stereocenters. The number of aliphatic carboxylic acids is 1. The molecule has 9 heavy (non-hydrogen) atoms. The Kier molecular flexibility index (Phi) is 0.858. The van der Waals surface area contributed by atoms with E-state index in [4.69, 9.17) is 9.84 Å². The molecule has 3 nitrogen and oxygen atoms in total. The molecule has 0 aromatic rings. The van der Waals surface area contributed by atoms with Crippen LogP contribution in [0.1, 0.15) is 6.42 Å². The molecule has 3 heteroatoms. The van der Waals surface area contributed by atoms with E-state index < -0.39 is 5.97 Å². The van der Waals surface area contributed by atoms with Crippen LogP contribution < -0.4 is 0 Å². The van der Waals surface area contributed by atoms with Gasteiger partial charge in [0.15, 0.2) is 0 Å². The normalized spacial score (nSPS) is 46.4. The minimum atomic E-state index is -0.657. The van der Waals surface area contributed by atoms with Crippen LogP contribution in [0.5, 0.6) is 0 Å². The van der Waals surface area contributed by atoms with E-state index in [0.717, 1.165) is 13.0 Å². The Morgan fingerprint density at radius 2 is 2.33 bits per heavy atom. The largest absolute Gasteiger partial charge is 0.481 e. The quantitative estimate of drug-likeness (QED) is 0.537. The first kappa shape index (κ1) is 5.23. The average Bonchev–Trinajstić information content (AvgIpc) is 2.60. The van der Waals surface area contributed by atoms with Crippen molar-refractivity contribution >= 4 is 5.97 Å². The van der Waals surface area contributed by atoms with Gasteiger partial charge >= 0.3 is 5.97 Å². The third-order valence-electron chi connectivity index (χ3n) is 1.99. The Bertz CT molecular complexity index is 150. The molecule has 2 fully saturated rings. The van der Waals surface area contributed by atoms with E-state index in [1.165, 1.54) is 0 Å². The van der Waals surface area contributed by atoms with Gasteiger partial charge in [-0.25, -0.2) is 0 Å². The summed E-state index contributed by atoms with van der Waals surface area (Å²) >= 11 is 0. The van der Waals surface area contributed by atoms with E-state index in [9.17, 15) is 4.79 Å². The summed E-state index contributed by atoms with van der Waals surface area (Å²) in [6.07, 6.45) is 1.13. The number of carboxylic acid groups (broad SMARTS) is 1. The van der Waals surface area contributed by atoms with Crippen LogP contribution in [0.25, 0.3) is 0 Å². The highest BCUT2D eigenvalue weighted by Gasteiger charge is 2.52. The van der Waals surface area contributed by atoms with Gasteiger partial charge in [0.1, 0.15) is 0 Å². The predicted octanol–water partition coefficient (Wildman–Crippen LogP) is 0.106. The molecule has 2 rings (SSSR count). The van der Waals surface area contributed by atoms with Gasteiger partial charge in [0, 0.05) is 5.92 Å². The number of hydrogen-bond acceptors (Lipinski definition) is 2. The molecular formula is C6H8O3. The lowest BCUT2D eigenvalue weighted by Gasteiger charge is -1.85. The minimum absolute atomic E-state index is 0.0856. The van der Waals surface area contributed by atoms with Crippen molar-refractivity contribution in [1.29, 1.82) is 0 Å². The lowest BCUT2D eigenvalue weighted by molar-refractivity contribution is -0.138. The van der Waals surface area contributed by atoms with E-state index >= 15 is 0 Å². The Morgan fingerprint density at radius 3 is 2.67 bits per heavy atom. The van der Waals surface area contributed by atoms with Crippen LogP contribution >= 0.6 is 0 Å². The van der Waals surface area contributed by atoms with Gasteiger partial charge in [0.2, 0.25) is 0 Å². The standard InChI is InChI=1S/C6H8O3/c7-6(8)4-1-3(4)5-2-9-5/h3-5H,1-2H2,(H,7,8)/t3-,4-,5-/m1/s1. The van der Waals surface area contributed by atoms with Crippen LogP contribution in [0.2, 0.25) is 0 Å². The Hall–Kier alpha value is -0.570. The second-order valence-corrected chi connectivity index (χ2v) is 2.72. The number of carbonyl (C=O) groups is 1. The van der Waals surface area contributed by atoms with E-state index in [-0.39, 0.29) is 5.92 Å². The Labute approximate surface area is 52.6 Å². The topological polar surface area (TPSA) is 49.8 Å². The van der Waals surface area contributed by atoms with E-state index in [1.54, 1.807) is 0 Å². The lowest BCUT2D eigenvalue weighted by Crippen LogP contribution is -2.02. The van der Waals surface area contributed by atoms with Gasteiger partial charge in [-0.15, -0.1) is 0 Å². The van der Waals surface area contributed by atoms with Crippen molar-refractivity contribution < 1.29 is 14.6 Å². The number of epoxide rings is 1. The van der Waals surface area contributed by atoms with Crippen molar-refractivity contribution in [1.82, 2.24) is 0 Å². The van der Waals surface area contributed by atoms with E-state index in [0.29, 0.717) is 12.0 Å². The van der Waals surface area contributed by atoms with Gasteiger partial charge in [-0.05, 0) is 6.42 Å². The first-order chi connectivity index (χ1) is 4.29. The molecule has 0 bridgehead atoms. The van der Waals surface area contributed by atoms with Crippen LogP contribution in [0.3, 0.4) is 0 Å². The van der Waals surface area contributed by atoms with Crippen molar-refractivity contribution in [3.8, 4) is 0 Å². The molecule has 1 N–H and O–H groups in total. The number of ether oxygens (including phenoxy) is 1. The highest BCUT2D eigenvalue weighted by atomic mass is 16.6. The third kappa shape index (κ3) is 0.812. The zero-order chi connectivity index (χ0) is 6.43. The second kappa shape index (κ2) is 1.48. The fourth-order valence-corrected chi connectivity index (χ4v) is 1.21. The van der Waals surface area contributed by atoms with Crippen LogP contribution in [0, 0.1) is 11.8 Å². The maximum Gasteiger partial charge on any atom is 0.306 e. The second-order valence-electron chi connectivity index (χ2n) is 2.72. The number of carboxylic acids is 1. The Morgan fingerprint density at radius 1 is 1.67 bits per heavy atom. The van der Waals surface area contributed by atoms with E-state index in [2.05, 4.69) is 0 Å². The molecule has 0 amide bonds. The number of rotatable bonds is 2. The molecule has 0 aromatic heterocycles. The fraction of sp³-hybridized carbons (Fsp3) is 0.833. The summed E-state index contributed by atoms with van der Waals surface area (Å²) < 4.78 is 4.95. The maximum absolute atomic E-state index is 10.2. The molecule has 1 aliphatic carbocycles. The van der Waals surface area contributed by atoms with Crippen LogP contribution in [0.15, 0.2) is 0 Å². The molecule has 1 saturated heterocycles. The molecule has 2 aliphatic rings. The van der Waals surface area contributed by atoms with E-state index in [1.807, 2.05) is 0 Å². The van der Waals surface area contributed by atoms with Gasteiger partial charge in [0.05, 0.1) is 18.6 Å². The van der Waals surface area contributed by atoms with Gasteiger partial charge in [-0.3, -0.25) is 4.79 Å². The molecule has 1 aliphatic heterocycles. The maximum atomic E-state index is 10.2. The van der Waals surface area contributed by atoms with Crippen molar-refractivity contribution in [2.75, 3.05) is 6.61 Å². The fourth-order valence-electron chi connectivity index (χ4n) is 1.21. The highest BCUT2D eigenvalue weighted by Crippen LogP contribution is 2.46. The summed E-state index contributed by atoms with van der Waals surface area (Å²) in [5.74, 6) is -0.393. The smallest absolute Gasteiger partial charge is 0.306 e. The van der Waals surface area contributed by atoms with Crippen LogP contribution in [0.4, 0.5) is 0 Å². The Balaban J connectivity index is 1.87. The van der Waals surface area contributed by atoms with Gasteiger partial charge in [-0.1, -0.05) is 0 Å². The van der Waals surface area contributed by atoms with Gasteiger partial charge in [0.25, 0.3) is 0 Å². The average molecular weight is 128 g/mol. The number of hydrogen-bond donors (Lipinski definition) is 1. The summed E-state index contributed by atoms with van der Waals surface area (Å²) in [5.41, 5.74) is 0. The molecule has 1 saturated carbocycles. The third-order valence-corrected chi connectivity index (χ3v) is 1.99. The highest BCUT2D eigenvalue weighted by molar-refractivity contribution is 5.73. The van der Waals surface area contributed by atoms with Gasteiger partial charge in [-0.2, -0.15) is 0 Å². The van der Waals surface area contributed by atoms with Crippen molar-refractivity contribution in [3.63, 3.8) is 0 Å². The summed E-state index contributed by atoms with van der Waals surface area (Å²) in [6, 6.07) is 0. The zero-order valence-electron chi connectivity index (χ0n) is 4.91. The summed E-state index contributed by atoms with van der Waals surface area (Å²) in [7, 11) is 0. The molecule has 0 aromatic carbocycles. The first-order valence-corrected chi connectivity index (χ1v) is 3.13. The van der Waals surface area contributed by atoms with Gasteiger partial charge < -0.3 is 9.84 Å². The predicted molar refractivity (Wildman–Crippen MR) is 29.0 cm³/mol. The van der Waals surface area contributed by atoms with Crippen molar-refractivity contribution in [3.05, 3.63) is 0 Å². The zero-order valence-corrected chi connectivity index (χ0v) is 4.91. The van der Waals surface area contributed by atoms with Crippen LogP contribution in [-0.4, -0.2) is 23.8 Å². The van der Waals surface area contributed by atoms with Crippen molar-refractivity contribution in [2.24, 2.45) is 11.8 Å². The lowest BCUT2D eigenvalue weighted by atomic mass is 10.2. The monoisotopic (exact) mass is 128 g/mol. The molecule has 50 valence electrons. The molecule has 3 atom stereocenters. The first-order valence-electron chi connectivity index (χ1n) is 3.13. The summed E-state index contributed by atoms with van der Waals surface area (Å²) in [4.78, 5) is 10.2. The molecule has 0 radical (unpaired) electrons. The van der Waals surface area contributed by atoms with Crippen molar-refractivity contribution in [2.45, 2.75) is 12.5 Å². The molecule has 0 spiro atoms. The molecule has 1 heterocycles.